The Morgan fingerprint density at radius 3 is 2.81 bits per heavy atom. The fraction of sp³-hybridized carbons (Fsp3) is 0.812. The highest BCUT2D eigenvalue weighted by atomic mass is 15.2. The van der Waals surface area contributed by atoms with Crippen molar-refractivity contribution in [1.82, 2.24) is 19.8 Å². The van der Waals surface area contributed by atoms with Crippen LogP contribution in [0.2, 0.25) is 0 Å². The average molecular weight is 289 g/mol. The highest BCUT2D eigenvalue weighted by Crippen LogP contribution is 2.41. The van der Waals surface area contributed by atoms with Crippen molar-refractivity contribution in [2.24, 2.45) is 5.73 Å². The Hall–Kier alpha value is -0.910. The normalized spacial score (nSPS) is 32.3. The summed E-state index contributed by atoms with van der Waals surface area (Å²) < 4.78 is 2.52. The quantitative estimate of drug-likeness (QED) is 0.870. The van der Waals surface area contributed by atoms with E-state index in [1.807, 2.05) is 0 Å². The molecule has 2 saturated heterocycles. The molecule has 2 fully saturated rings. The number of imidazole rings is 1. The number of nitrogens with zero attached hydrogens (tertiary/aromatic N) is 3. The van der Waals surface area contributed by atoms with Crippen LogP contribution in [0.5, 0.6) is 0 Å². The Bertz CT molecular complexity index is 483. The summed E-state index contributed by atoms with van der Waals surface area (Å²) >= 11 is 0. The minimum absolute atomic E-state index is 0.672. The molecule has 0 spiro atoms. The fourth-order valence-electron chi connectivity index (χ4n) is 4.69. The van der Waals surface area contributed by atoms with Crippen LogP contribution >= 0.6 is 0 Å². The number of fused-ring (bicyclic) bond motifs is 3. The van der Waals surface area contributed by atoms with Gasteiger partial charge in [0.2, 0.25) is 0 Å². The molecule has 2 bridgehead atoms. The van der Waals surface area contributed by atoms with E-state index in [0.29, 0.717) is 6.04 Å². The first-order chi connectivity index (χ1) is 10.4. The molecular formula is C16H27N5. The Kier molecular flexibility index (Phi) is 3.73. The predicted octanol–water partition coefficient (Wildman–Crippen LogP) is 1.05. The van der Waals surface area contributed by atoms with Gasteiger partial charge in [-0.3, -0.25) is 4.90 Å². The molecule has 0 saturated carbocycles. The van der Waals surface area contributed by atoms with Crippen LogP contribution < -0.4 is 11.1 Å². The maximum absolute atomic E-state index is 5.69. The van der Waals surface area contributed by atoms with E-state index < -0.39 is 0 Å². The van der Waals surface area contributed by atoms with E-state index >= 15 is 0 Å². The Morgan fingerprint density at radius 2 is 2.05 bits per heavy atom. The third kappa shape index (κ3) is 2.41. The summed E-state index contributed by atoms with van der Waals surface area (Å²) in [6.45, 7) is 4.07. The zero-order chi connectivity index (χ0) is 14.2. The largest absolute Gasteiger partial charge is 0.331 e. The second-order valence-electron chi connectivity index (χ2n) is 6.86. The lowest BCUT2D eigenvalue weighted by molar-refractivity contribution is 0.105. The first kappa shape index (κ1) is 13.7. The van der Waals surface area contributed by atoms with Crippen molar-refractivity contribution < 1.29 is 0 Å². The number of hydrogen-bond donors (Lipinski definition) is 2. The molecule has 0 aromatic carbocycles. The van der Waals surface area contributed by atoms with Gasteiger partial charge in [0.05, 0.1) is 12.0 Å². The van der Waals surface area contributed by atoms with E-state index in [2.05, 4.69) is 26.1 Å². The van der Waals surface area contributed by atoms with Crippen molar-refractivity contribution in [3.05, 3.63) is 17.7 Å². The summed E-state index contributed by atoms with van der Waals surface area (Å²) in [7, 11) is 0. The summed E-state index contributed by atoms with van der Waals surface area (Å²) in [6.07, 6.45) is 9.75. The van der Waals surface area contributed by atoms with Gasteiger partial charge in [-0.25, -0.2) is 4.98 Å². The third-order valence-electron chi connectivity index (χ3n) is 5.69. The molecule has 2 unspecified atom stereocenters. The standard InChI is InChI=1S/C16H27N5/c17-5-1-7-20-12-2-3-13(20)9-14(8-12)21-11-19-15-10-18-6-4-16(15)21/h11-14,18H,1-10,17H2. The van der Waals surface area contributed by atoms with Gasteiger partial charge >= 0.3 is 0 Å². The van der Waals surface area contributed by atoms with Gasteiger partial charge < -0.3 is 15.6 Å². The lowest BCUT2D eigenvalue weighted by atomic mass is 9.96. The van der Waals surface area contributed by atoms with Gasteiger partial charge in [-0.15, -0.1) is 0 Å². The predicted molar refractivity (Wildman–Crippen MR) is 83.1 cm³/mol. The topological polar surface area (TPSA) is 59.1 Å². The van der Waals surface area contributed by atoms with Crippen molar-refractivity contribution in [3.8, 4) is 0 Å². The molecule has 0 aliphatic carbocycles. The van der Waals surface area contributed by atoms with Crippen LogP contribution in [0, 0.1) is 0 Å². The SMILES string of the molecule is NCCCN1C2CCC1CC(n1cnc3c1CCNC3)C2. The molecule has 5 nitrogen and oxygen atoms in total. The Labute approximate surface area is 126 Å². The van der Waals surface area contributed by atoms with Gasteiger partial charge in [0.15, 0.2) is 0 Å². The highest BCUT2D eigenvalue weighted by Gasteiger charge is 2.41. The number of hydrogen-bond acceptors (Lipinski definition) is 4. The second-order valence-corrected chi connectivity index (χ2v) is 6.86. The van der Waals surface area contributed by atoms with E-state index in [1.54, 1.807) is 0 Å². The zero-order valence-corrected chi connectivity index (χ0v) is 12.8. The number of nitrogens with one attached hydrogen (secondary N) is 1. The molecule has 3 aliphatic rings. The van der Waals surface area contributed by atoms with Crippen LogP contribution in [0.25, 0.3) is 0 Å². The van der Waals surface area contributed by atoms with Crippen molar-refractivity contribution in [3.63, 3.8) is 0 Å². The molecule has 0 amide bonds. The molecule has 0 radical (unpaired) electrons. The van der Waals surface area contributed by atoms with Crippen molar-refractivity contribution in [1.29, 1.82) is 0 Å². The van der Waals surface area contributed by atoms with Gasteiger partial charge in [-0.1, -0.05) is 0 Å². The first-order valence-electron chi connectivity index (χ1n) is 8.58. The number of nitrogens with two attached hydrogens (primary N) is 1. The Morgan fingerprint density at radius 1 is 1.24 bits per heavy atom. The van der Waals surface area contributed by atoms with Crippen molar-refractivity contribution >= 4 is 0 Å². The summed E-state index contributed by atoms with van der Waals surface area (Å²) in [4.78, 5) is 7.39. The lowest BCUT2D eigenvalue weighted by Crippen LogP contribution is -2.44. The molecule has 3 aliphatic heterocycles. The van der Waals surface area contributed by atoms with E-state index in [1.165, 1.54) is 43.6 Å². The molecule has 1 aromatic heterocycles. The first-order valence-corrected chi connectivity index (χ1v) is 8.58. The smallest absolute Gasteiger partial charge is 0.0954 e. The molecule has 4 heterocycles. The van der Waals surface area contributed by atoms with Crippen molar-refractivity contribution in [2.75, 3.05) is 19.6 Å². The van der Waals surface area contributed by atoms with E-state index in [9.17, 15) is 0 Å². The fourth-order valence-corrected chi connectivity index (χ4v) is 4.69. The van der Waals surface area contributed by atoms with Gasteiger partial charge in [0.25, 0.3) is 0 Å². The summed E-state index contributed by atoms with van der Waals surface area (Å²) in [6, 6.07) is 2.23. The minimum Gasteiger partial charge on any atom is -0.331 e. The molecule has 1 aromatic rings. The van der Waals surface area contributed by atoms with Crippen LogP contribution in [0.15, 0.2) is 6.33 Å². The third-order valence-corrected chi connectivity index (χ3v) is 5.69. The van der Waals surface area contributed by atoms with Crippen LogP contribution in [0.4, 0.5) is 0 Å². The van der Waals surface area contributed by atoms with Crippen molar-refractivity contribution in [2.45, 2.75) is 63.2 Å². The van der Waals surface area contributed by atoms with E-state index in [4.69, 9.17) is 5.73 Å². The maximum Gasteiger partial charge on any atom is 0.0954 e. The van der Waals surface area contributed by atoms with Crippen LogP contribution in [0.3, 0.4) is 0 Å². The van der Waals surface area contributed by atoms with Crippen LogP contribution in [0.1, 0.15) is 49.5 Å². The van der Waals surface area contributed by atoms with Gasteiger partial charge in [0, 0.05) is 43.3 Å². The molecule has 21 heavy (non-hydrogen) atoms. The average Bonchev–Trinajstić information content (AvgIpc) is 3.04. The summed E-state index contributed by atoms with van der Waals surface area (Å²) in [5, 5.41) is 3.42. The number of rotatable bonds is 4. The molecule has 2 atom stereocenters. The maximum atomic E-state index is 5.69. The second kappa shape index (κ2) is 5.71. The molecule has 4 rings (SSSR count). The lowest BCUT2D eigenvalue weighted by Gasteiger charge is -2.40. The molecule has 5 heteroatoms. The van der Waals surface area contributed by atoms with Gasteiger partial charge in [-0.2, -0.15) is 0 Å². The van der Waals surface area contributed by atoms with E-state index in [0.717, 1.165) is 44.6 Å². The van der Waals surface area contributed by atoms with Gasteiger partial charge in [-0.05, 0) is 45.2 Å². The molecule has 3 N–H and O–H groups in total. The minimum atomic E-state index is 0.672. The summed E-state index contributed by atoms with van der Waals surface area (Å²) in [5.41, 5.74) is 8.46. The summed E-state index contributed by atoms with van der Waals surface area (Å²) in [5.74, 6) is 0. The monoisotopic (exact) mass is 289 g/mol. The highest BCUT2D eigenvalue weighted by molar-refractivity contribution is 5.18. The number of piperidine rings is 1. The molecular weight excluding hydrogens is 262 g/mol. The van der Waals surface area contributed by atoms with Gasteiger partial charge in [0.1, 0.15) is 0 Å². The zero-order valence-electron chi connectivity index (χ0n) is 12.8. The van der Waals surface area contributed by atoms with E-state index in [-0.39, 0.29) is 0 Å². The molecule has 116 valence electrons. The Balaban J connectivity index is 1.50. The number of aromatic nitrogens is 2. The van der Waals surface area contributed by atoms with Crippen LogP contribution in [-0.2, 0) is 13.0 Å². The van der Waals surface area contributed by atoms with Crippen LogP contribution in [-0.4, -0.2) is 46.2 Å².